The molecule has 0 spiro atoms. The van der Waals surface area contributed by atoms with E-state index in [-0.39, 0.29) is 11.9 Å². The number of amides is 1. The SMILES string of the molecule is COc1ccccc1C(C)NC(=O)c1ccc(CN2CCCCCC2)cc1. The van der Waals surface area contributed by atoms with Gasteiger partial charge in [-0.2, -0.15) is 0 Å². The predicted molar refractivity (Wildman–Crippen MR) is 109 cm³/mol. The predicted octanol–water partition coefficient (Wildman–Crippen LogP) is 4.56. The van der Waals surface area contributed by atoms with Crippen LogP contribution < -0.4 is 10.1 Å². The summed E-state index contributed by atoms with van der Waals surface area (Å²) in [4.78, 5) is 15.1. The van der Waals surface area contributed by atoms with Crippen molar-refractivity contribution in [1.29, 1.82) is 0 Å². The van der Waals surface area contributed by atoms with E-state index in [4.69, 9.17) is 4.74 Å². The average Bonchev–Trinajstić information content (AvgIpc) is 2.97. The van der Waals surface area contributed by atoms with Gasteiger partial charge in [0.1, 0.15) is 5.75 Å². The van der Waals surface area contributed by atoms with Crippen LogP contribution in [0.3, 0.4) is 0 Å². The van der Waals surface area contributed by atoms with Crippen LogP contribution in [0.1, 0.15) is 60.1 Å². The van der Waals surface area contributed by atoms with Gasteiger partial charge in [-0.1, -0.05) is 43.2 Å². The number of nitrogens with one attached hydrogen (secondary N) is 1. The van der Waals surface area contributed by atoms with Gasteiger partial charge in [0.2, 0.25) is 0 Å². The van der Waals surface area contributed by atoms with Gasteiger partial charge < -0.3 is 10.1 Å². The molecule has 0 radical (unpaired) electrons. The second-order valence-corrected chi connectivity index (χ2v) is 7.32. The lowest BCUT2D eigenvalue weighted by Crippen LogP contribution is -2.27. The smallest absolute Gasteiger partial charge is 0.251 e. The number of carbonyl (C=O) groups is 1. The molecule has 1 aliphatic heterocycles. The highest BCUT2D eigenvalue weighted by Crippen LogP contribution is 2.24. The summed E-state index contributed by atoms with van der Waals surface area (Å²) in [5.41, 5.74) is 2.94. The van der Waals surface area contributed by atoms with Crippen molar-refractivity contribution < 1.29 is 9.53 Å². The van der Waals surface area contributed by atoms with Crippen LogP contribution in [-0.2, 0) is 6.54 Å². The maximum atomic E-state index is 12.6. The van der Waals surface area contributed by atoms with E-state index in [2.05, 4.69) is 22.3 Å². The van der Waals surface area contributed by atoms with Crippen LogP contribution in [-0.4, -0.2) is 31.0 Å². The molecule has 1 amide bonds. The molecule has 1 saturated heterocycles. The maximum absolute atomic E-state index is 12.6. The van der Waals surface area contributed by atoms with Crippen molar-refractivity contribution in [3.8, 4) is 5.75 Å². The van der Waals surface area contributed by atoms with Gasteiger partial charge in [0, 0.05) is 17.7 Å². The first kappa shape index (κ1) is 19.4. The van der Waals surface area contributed by atoms with Gasteiger partial charge in [0.25, 0.3) is 5.91 Å². The van der Waals surface area contributed by atoms with E-state index in [0.717, 1.165) is 17.9 Å². The summed E-state index contributed by atoms with van der Waals surface area (Å²) < 4.78 is 5.39. The summed E-state index contributed by atoms with van der Waals surface area (Å²) >= 11 is 0. The normalized spacial score (nSPS) is 16.4. The quantitative estimate of drug-likeness (QED) is 0.815. The topological polar surface area (TPSA) is 41.6 Å². The highest BCUT2D eigenvalue weighted by Gasteiger charge is 2.15. The number of likely N-dealkylation sites (tertiary alicyclic amines) is 1. The minimum absolute atomic E-state index is 0.0604. The molecule has 27 heavy (non-hydrogen) atoms. The van der Waals surface area contributed by atoms with Crippen molar-refractivity contribution in [1.82, 2.24) is 10.2 Å². The zero-order chi connectivity index (χ0) is 19.1. The van der Waals surface area contributed by atoms with Crippen molar-refractivity contribution in [3.63, 3.8) is 0 Å². The van der Waals surface area contributed by atoms with Crippen molar-refractivity contribution in [2.24, 2.45) is 0 Å². The molecule has 1 atom stereocenters. The minimum atomic E-state index is -0.120. The number of ether oxygens (including phenoxy) is 1. The molecule has 4 heteroatoms. The number of carbonyl (C=O) groups excluding carboxylic acids is 1. The third kappa shape index (κ3) is 5.33. The van der Waals surface area contributed by atoms with Gasteiger partial charge in [-0.05, 0) is 56.6 Å². The van der Waals surface area contributed by atoms with Crippen molar-refractivity contribution in [3.05, 3.63) is 65.2 Å². The Morgan fingerprint density at radius 2 is 1.70 bits per heavy atom. The van der Waals surface area contributed by atoms with Gasteiger partial charge in [-0.3, -0.25) is 9.69 Å². The second kappa shape index (κ2) is 9.56. The average molecular weight is 367 g/mol. The van der Waals surface area contributed by atoms with Gasteiger partial charge in [-0.15, -0.1) is 0 Å². The highest BCUT2D eigenvalue weighted by atomic mass is 16.5. The van der Waals surface area contributed by atoms with Crippen molar-refractivity contribution >= 4 is 5.91 Å². The first-order valence-corrected chi connectivity index (χ1v) is 9.92. The first-order chi connectivity index (χ1) is 13.2. The van der Waals surface area contributed by atoms with Crippen LogP contribution in [0.2, 0.25) is 0 Å². The molecule has 1 unspecified atom stereocenters. The van der Waals surface area contributed by atoms with Crippen molar-refractivity contribution in [2.75, 3.05) is 20.2 Å². The number of rotatable bonds is 6. The summed E-state index contributed by atoms with van der Waals surface area (Å²) in [5.74, 6) is 0.729. The van der Waals surface area contributed by atoms with E-state index in [1.54, 1.807) is 7.11 Å². The Hall–Kier alpha value is -2.33. The molecular formula is C23H30N2O2. The minimum Gasteiger partial charge on any atom is -0.496 e. The van der Waals surface area contributed by atoms with Crippen LogP contribution in [0.15, 0.2) is 48.5 Å². The van der Waals surface area contributed by atoms with E-state index >= 15 is 0 Å². The van der Waals surface area contributed by atoms with Crippen molar-refractivity contribution in [2.45, 2.75) is 45.2 Å². The van der Waals surface area contributed by atoms with E-state index in [1.807, 2.05) is 43.3 Å². The summed E-state index contributed by atoms with van der Waals surface area (Å²) in [7, 11) is 1.65. The molecule has 144 valence electrons. The Labute approximate surface area is 162 Å². The second-order valence-electron chi connectivity index (χ2n) is 7.32. The zero-order valence-corrected chi connectivity index (χ0v) is 16.4. The third-order valence-corrected chi connectivity index (χ3v) is 5.27. The Kier molecular flexibility index (Phi) is 6.88. The molecule has 4 nitrogen and oxygen atoms in total. The molecule has 2 aromatic carbocycles. The number of nitrogens with zero attached hydrogens (tertiary/aromatic N) is 1. The molecule has 0 saturated carbocycles. The van der Waals surface area contributed by atoms with Crippen LogP contribution in [0.25, 0.3) is 0 Å². The monoisotopic (exact) mass is 366 g/mol. The number of para-hydroxylation sites is 1. The van der Waals surface area contributed by atoms with Gasteiger partial charge >= 0.3 is 0 Å². The van der Waals surface area contributed by atoms with Crippen LogP contribution in [0.4, 0.5) is 0 Å². The third-order valence-electron chi connectivity index (χ3n) is 5.27. The fourth-order valence-corrected chi connectivity index (χ4v) is 3.70. The molecule has 3 rings (SSSR count). The standard InChI is InChI=1S/C23H30N2O2/c1-18(21-9-5-6-10-22(21)27-2)24-23(26)20-13-11-19(12-14-20)17-25-15-7-3-4-8-16-25/h5-6,9-14,18H,3-4,7-8,15-17H2,1-2H3,(H,24,26). The molecule has 1 fully saturated rings. The Morgan fingerprint density at radius 1 is 1.04 bits per heavy atom. The lowest BCUT2D eigenvalue weighted by molar-refractivity contribution is 0.0939. The molecular weight excluding hydrogens is 336 g/mol. The Bertz CT molecular complexity index is 734. The summed E-state index contributed by atoms with van der Waals surface area (Å²) in [6, 6.07) is 15.7. The molecule has 1 aliphatic rings. The first-order valence-electron chi connectivity index (χ1n) is 9.92. The van der Waals surface area contributed by atoms with Crippen LogP contribution in [0.5, 0.6) is 5.75 Å². The van der Waals surface area contributed by atoms with E-state index in [1.165, 1.54) is 44.3 Å². The van der Waals surface area contributed by atoms with Gasteiger partial charge in [0.15, 0.2) is 0 Å². The number of methoxy groups -OCH3 is 1. The number of hydrogen-bond donors (Lipinski definition) is 1. The van der Waals surface area contributed by atoms with Crippen LogP contribution >= 0.6 is 0 Å². The summed E-state index contributed by atoms with van der Waals surface area (Å²) in [6.07, 6.45) is 5.28. The van der Waals surface area contributed by atoms with E-state index in [0.29, 0.717) is 5.56 Å². The Morgan fingerprint density at radius 3 is 2.37 bits per heavy atom. The molecule has 1 heterocycles. The largest absolute Gasteiger partial charge is 0.496 e. The molecule has 0 aromatic heterocycles. The highest BCUT2D eigenvalue weighted by molar-refractivity contribution is 5.94. The molecule has 0 aliphatic carbocycles. The number of hydrogen-bond acceptors (Lipinski definition) is 3. The molecule has 0 bridgehead atoms. The fraction of sp³-hybridized carbons (Fsp3) is 0.435. The zero-order valence-electron chi connectivity index (χ0n) is 16.4. The van der Waals surface area contributed by atoms with E-state index < -0.39 is 0 Å². The summed E-state index contributed by atoms with van der Waals surface area (Å²) in [5, 5.41) is 3.07. The Balaban J connectivity index is 1.60. The number of benzene rings is 2. The maximum Gasteiger partial charge on any atom is 0.251 e. The molecule has 1 N–H and O–H groups in total. The van der Waals surface area contributed by atoms with Gasteiger partial charge in [0.05, 0.1) is 13.2 Å². The molecule has 2 aromatic rings. The lowest BCUT2D eigenvalue weighted by Gasteiger charge is -2.20. The van der Waals surface area contributed by atoms with Crippen LogP contribution in [0, 0.1) is 0 Å². The lowest BCUT2D eigenvalue weighted by atomic mass is 10.1. The van der Waals surface area contributed by atoms with E-state index in [9.17, 15) is 4.79 Å². The fourth-order valence-electron chi connectivity index (χ4n) is 3.70. The van der Waals surface area contributed by atoms with Gasteiger partial charge in [-0.25, -0.2) is 0 Å². The summed E-state index contributed by atoms with van der Waals surface area (Å²) in [6.45, 7) is 5.31.